The van der Waals surface area contributed by atoms with E-state index in [0.717, 1.165) is 10.2 Å². The lowest BCUT2D eigenvalue weighted by molar-refractivity contribution is -0.121. The second-order valence-corrected chi connectivity index (χ2v) is 6.54. The molecule has 0 saturated carbocycles. The Labute approximate surface area is 165 Å². The molecule has 0 spiro atoms. The van der Waals surface area contributed by atoms with Gasteiger partial charge in [0.1, 0.15) is 6.54 Å². The van der Waals surface area contributed by atoms with E-state index in [1.165, 1.54) is 16.8 Å². The van der Waals surface area contributed by atoms with Crippen LogP contribution in [0, 0.1) is 6.92 Å². The minimum absolute atomic E-state index is 0.187. The van der Waals surface area contributed by atoms with E-state index in [1.54, 1.807) is 31.2 Å². The van der Waals surface area contributed by atoms with Gasteiger partial charge in [-0.05, 0) is 31.2 Å². The molecule has 0 aliphatic carbocycles. The Morgan fingerprint density at radius 1 is 0.964 bits per heavy atom. The number of halogens is 1. The second-order valence-electron chi connectivity index (χ2n) is 6.11. The number of rotatable bonds is 6. The van der Waals surface area contributed by atoms with Crippen LogP contribution in [0.4, 0.5) is 0 Å². The highest BCUT2D eigenvalue weighted by atomic mass is 35.5. The van der Waals surface area contributed by atoms with Crippen molar-refractivity contribution in [1.82, 2.24) is 24.9 Å². The highest BCUT2D eigenvalue weighted by Gasteiger charge is 2.07. The Balaban J connectivity index is 1.62. The van der Waals surface area contributed by atoms with Gasteiger partial charge in [-0.3, -0.25) is 14.4 Å². The normalized spacial score (nSPS) is 10.6. The molecule has 8 nitrogen and oxygen atoms in total. The molecule has 2 heterocycles. The molecule has 0 unspecified atom stereocenters. The van der Waals surface area contributed by atoms with Crippen molar-refractivity contribution in [3.8, 4) is 11.3 Å². The SMILES string of the molecule is Cc1ccc(=O)n(CC(=O)NCCn2nc(-c3ccc(Cl)cc3)ccc2=O)n1. The Bertz CT molecular complexity index is 1110. The number of carbonyl (C=O) groups excluding carboxylic acids is 1. The predicted octanol–water partition coefficient (Wildman–Crippen LogP) is 1.25. The van der Waals surface area contributed by atoms with Crippen molar-refractivity contribution in [3.63, 3.8) is 0 Å². The summed E-state index contributed by atoms with van der Waals surface area (Å²) in [6, 6.07) is 13.1. The van der Waals surface area contributed by atoms with Crippen LogP contribution in [0.15, 0.2) is 58.1 Å². The fourth-order valence-electron chi connectivity index (χ4n) is 2.54. The van der Waals surface area contributed by atoms with Crippen LogP contribution in [-0.4, -0.2) is 32.0 Å². The summed E-state index contributed by atoms with van der Waals surface area (Å²) in [5.74, 6) is -0.373. The minimum atomic E-state index is -0.373. The maximum atomic E-state index is 12.0. The van der Waals surface area contributed by atoms with Gasteiger partial charge in [0.25, 0.3) is 11.1 Å². The van der Waals surface area contributed by atoms with E-state index in [-0.39, 0.29) is 36.7 Å². The molecule has 1 aromatic carbocycles. The van der Waals surface area contributed by atoms with Crippen LogP contribution in [0.3, 0.4) is 0 Å². The number of carbonyl (C=O) groups is 1. The number of aryl methyl sites for hydroxylation is 1. The number of nitrogens with one attached hydrogen (secondary N) is 1. The first-order chi connectivity index (χ1) is 13.4. The number of hydrogen-bond donors (Lipinski definition) is 1. The van der Waals surface area contributed by atoms with Crippen molar-refractivity contribution >= 4 is 17.5 Å². The van der Waals surface area contributed by atoms with Crippen LogP contribution in [0.2, 0.25) is 5.02 Å². The number of nitrogens with zero attached hydrogens (tertiary/aromatic N) is 4. The molecule has 28 heavy (non-hydrogen) atoms. The fraction of sp³-hybridized carbons (Fsp3) is 0.211. The van der Waals surface area contributed by atoms with Gasteiger partial charge in [0.2, 0.25) is 5.91 Å². The van der Waals surface area contributed by atoms with Crippen molar-refractivity contribution in [3.05, 3.63) is 80.0 Å². The van der Waals surface area contributed by atoms with Crippen LogP contribution in [0.5, 0.6) is 0 Å². The monoisotopic (exact) mass is 399 g/mol. The molecule has 0 saturated heterocycles. The van der Waals surface area contributed by atoms with Crippen LogP contribution >= 0.6 is 11.6 Å². The predicted molar refractivity (Wildman–Crippen MR) is 105 cm³/mol. The summed E-state index contributed by atoms with van der Waals surface area (Å²) >= 11 is 5.89. The van der Waals surface area contributed by atoms with Gasteiger partial charge in [0.15, 0.2) is 0 Å². The standard InChI is InChI=1S/C19H18ClN5O3/c1-13-2-8-19(28)25(22-13)12-17(26)21-10-11-24-18(27)9-7-16(23-24)14-3-5-15(20)6-4-14/h2-9H,10-12H2,1H3,(H,21,26). The summed E-state index contributed by atoms with van der Waals surface area (Å²) in [7, 11) is 0. The smallest absolute Gasteiger partial charge is 0.267 e. The second kappa shape index (κ2) is 8.62. The van der Waals surface area contributed by atoms with Gasteiger partial charge in [0.05, 0.1) is 17.9 Å². The molecule has 144 valence electrons. The van der Waals surface area contributed by atoms with Crippen molar-refractivity contribution in [2.24, 2.45) is 0 Å². The minimum Gasteiger partial charge on any atom is -0.353 e. The molecule has 0 aliphatic heterocycles. The maximum absolute atomic E-state index is 12.0. The molecular weight excluding hydrogens is 382 g/mol. The van der Waals surface area contributed by atoms with Crippen molar-refractivity contribution in [2.45, 2.75) is 20.0 Å². The molecular formula is C19H18ClN5O3. The van der Waals surface area contributed by atoms with Crippen LogP contribution < -0.4 is 16.4 Å². The van der Waals surface area contributed by atoms with E-state index in [2.05, 4.69) is 15.5 Å². The van der Waals surface area contributed by atoms with Gasteiger partial charge < -0.3 is 5.32 Å². The average molecular weight is 400 g/mol. The van der Waals surface area contributed by atoms with E-state index in [0.29, 0.717) is 16.4 Å². The Morgan fingerprint density at radius 2 is 1.64 bits per heavy atom. The third-order valence-corrected chi connectivity index (χ3v) is 4.20. The lowest BCUT2D eigenvalue weighted by atomic mass is 10.1. The number of amides is 1. The summed E-state index contributed by atoms with van der Waals surface area (Å²) in [6.45, 7) is 1.94. The lowest BCUT2D eigenvalue weighted by Crippen LogP contribution is -2.36. The van der Waals surface area contributed by atoms with Crippen molar-refractivity contribution in [2.75, 3.05) is 6.54 Å². The summed E-state index contributed by atoms with van der Waals surface area (Å²) in [5, 5.41) is 11.6. The van der Waals surface area contributed by atoms with Gasteiger partial charge in [-0.25, -0.2) is 9.36 Å². The van der Waals surface area contributed by atoms with Gasteiger partial charge in [0, 0.05) is 29.3 Å². The van der Waals surface area contributed by atoms with Crippen molar-refractivity contribution < 1.29 is 4.79 Å². The highest BCUT2D eigenvalue weighted by Crippen LogP contribution is 2.18. The van der Waals surface area contributed by atoms with E-state index in [9.17, 15) is 14.4 Å². The van der Waals surface area contributed by atoms with E-state index < -0.39 is 0 Å². The van der Waals surface area contributed by atoms with Gasteiger partial charge >= 0.3 is 0 Å². The molecule has 0 aliphatic rings. The van der Waals surface area contributed by atoms with E-state index in [4.69, 9.17) is 11.6 Å². The molecule has 1 N–H and O–H groups in total. The maximum Gasteiger partial charge on any atom is 0.267 e. The Morgan fingerprint density at radius 3 is 2.39 bits per heavy atom. The van der Waals surface area contributed by atoms with Crippen molar-refractivity contribution in [1.29, 1.82) is 0 Å². The van der Waals surface area contributed by atoms with Gasteiger partial charge in [-0.2, -0.15) is 10.2 Å². The molecule has 0 fully saturated rings. The fourth-order valence-corrected chi connectivity index (χ4v) is 2.67. The first-order valence-corrected chi connectivity index (χ1v) is 8.96. The van der Waals surface area contributed by atoms with Crippen LogP contribution in [0.1, 0.15) is 5.69 Å². The number of aromatic nitrogens is 4. The van der Waals surface area contributed by atoms with Gasteiger partial charge in [-0.1, -0.05) is 23.7 Å². The summed E-state index contributed by atoms with van der Waals surface area (Å²) < 4.78 is 2.37. The van der Waals surface area contributed by atoms with E-state index in [1.807, 2.05) is 12.1 Å². The molecule has 9 heteroatoms. The zero-order valence-electron chi connectivity index (χ0n) is 15.1. The lowest BCUT2D eigenvalue weighted by Gasteiger charge is -2.09. The molecule has 3 aromatic rings. The molecule has 0 bridgehead atoms. The van der Waals surface area contributed by atoms with E-state index >= 15 is 0 Å². The summed E-state index contributed by atoms with van der Waals surface area (Å²) in [6.07, 6.45) is 0. The molecule has 1 amide bonds. The average Bonchev–Trinajstić information content (AvgIpc) is 2.67. The molecule has 0 atom stereocenters. The molecule has 2 aromatic heterocycles. The first-order valence-electron chi connectivity index (χ1n) is 8.58. The van der Waals surface area contributed by atoms with Gasteiger partial charge in [-0.15, -0.1) is 0 Å². The quantitative estimate of drug-likeness (QED) is 0.672. The molecule has 3 rings (SSSR count). The third kappa shape index (κ3) is 4.92. The zero-order valence-corrected chi connectivity index (χ0v) is 15.9. The Kier molecular flexibility index (Phi) is 6.00. The summed E-state index contributed by atoms with van der Waals surface area (Å²) in [5.41, 5.74) is 1.46. The zero-order chi connectivity index (χ0) is 20.1. The van der Waals surface area contributed by atoms with Crippen LogP contribution in [-0.2, 0) is 17.9 Å². The third-order valence-electron chi connectivity index (χ3n) is 3.95. The van der Waals surface area contributed by atoms with Crippen LogP contribution in [0.25, 0.3) is 11.3 Å². The Hall–Kier alpha value is -3.26. The topological polar surface area (TPSA) is 98.9 Å². The highest BCUT2D eigenvalue weighted by molar-refractivity contribution is 6.30. The first kappa shape index (κ1) is 19.5. The summed E-state index contributed by atoms with van der Waals surface area (Å²) in [4.78, 5) is 35.8. The number of benzene rings is 1. The largest absolute Gasteiger partial charge is 0.353 e. The molecule has 0 radical (unpaired) electrons. The number of hydrogen-bond acceptors (Lipinski definition) is 5.